The van der Waals surface area contributed by atoms with Gasteiger partial charge in [-0.05, 0) is 36.0 Å². The molecule has 1 nitrogen and oxygen atoms in total. The number of allylic oxidation sites excluding steroid dienone is 1. The average Bonchev–Trinajstić information content (AvgIpc) is 2.29. The monoisotopic (exact) mass is 278 g/mol. The smallest absolute Gasteiger partial charge is 0.0837 e. The van der Waals surface area contributed by atoms with Crippen molar-refractivity contribution < 1.29 is 5.11 Å². The SMILES string of the molecule is C=CCC(O)C1=C(Br)CCc2ccccc21. The van der Waals surface area contributed by atoms with E-state index < -0.39 is 6.10 Å². The number of aryl methyl sites for hydroxylation is 1. The zero-order valence-electron chi connectivity index (χ0n) is 9.12. The molecular formula is C14H15BrO. The van der Waals surface area contributed by atoms with Crippen LogP contribution in [0.2, 0.25) is 0 Å². The summed E-state index contributed by atoms with van der Waals surface area (Å²) in [6, 6.07) is 8.29. The number of hydrogen-bond acceptors (Lipinski definition) is 1. The van der Waals surface area contributed by atoms with E-state index in [1.165, 1.54) is 11.1 Å². The van der Waals surface area contributed by atoms with Crippen LogP contribution in [0, 0.1) is 0 Å². The third-order valence-corrected chi connectivity index (χ3v) is 3.76. The van der Waals surface area contributed by atoms with Crippen LogP contribution in [0.1, 0.15) is 24.0 Å². The van der Waals surface area contributed by atoms with Gasteiger partial charge in [0.25, 0.3) is 0 Å². The van der Waals surface area contributed by atoms with Crippen LogP contribution in [0.5, 0.6) is 0 Å². The molecule has 0 fully saturated rings. The molecule has 1 aliphatic carbocycles. The van der Waals surface area contributed by atoms with Gasteiger partial charge in [0.15, 0.2) is 0 Å². The standard InChI is InChI=1S/C14H15BrO/c1-2-5-13(16)14-11-7-4-3-6-10(11)8-9-12(14)15/h2-4,6-7,13,16H,1,5,8-9H2. The molecule has 0 bridgehead atoms. The molecule has 1 N–H and O–H groups in total. The van der Waals surface area contributed by atoms with Crippen LogP contribution in [-0.2, 0) is 6.42 Å². The molecule has 84 valence electrons. The molecule has 0 saturated carbocycles. The van der Waals surface area contributed by atoms with Gasteiger partial charge in [0.1, 0.15) is 0 Å². The molecule has 1 aliphatic rings. The van der Waals surface area contributed by atoms with Gasteiger partial charge in [-0.15, -0.1) is 6.58 Å². The van der Waals surface area contributed by atoms with E-state index in [4.69, 9.17) is 0 Å². The molecule has 0 aromatic heterocycles. The summed E-state index contributed by atoms with van der Waals surface area (Å²) >= 11 is 3.58. The van der Waals surface area contributed by atoms with Crippen molar-refractivity contribution in [2.45, 2.75) is 25.4 Å². The quantitative estimate of drug-likeness (QED) is 0.837. The lowest BCUT2D eigenvalue weighted by molar-refractivity contribution is 0.235. The zero-order valence-corrected chi connectivity index (χ0v) is 10.7. The van der Waals surface area contributed by atoms with Gasteiger partial charge in [-0.2, -0.15) is 0 Å². The summed E-state index contributed by atoms with van der Waals surface area (Å²) in [5, 5.41) is 10.1. The van der Waals surface area contributed by atoms with Gasteiger partial charge >= 0.3 is 0 Å². The van der Waals surface area contributed by atoms with E-state index in [1.807, 2.05) is 6.07 Å². The van der Waals surface area contributed by atoms with E-state index >= 15 is 0 Å². The number of benzene rings is 1. The normalized spacial score (nSPS) is 16.9. The highest BCUT2D eigenvalue weighted by molar-refractivity contribution is 9.11. The first-order valence-electron chi connectivity index (χ1n) is 5.50. The van der Waals surface area contributed by atoms with Crippen LogP contribution in [0.25, 0.3) is 5.57 Å². The zero-order chi connectivity index (χ0) is 11.5. The highest BCUT2D eigenvalue weighted by Crippen LogP contribution is 2.37. The van der Waals surface area contributed by atoms with Gasteiger partial charge in [-0.1, -0.05) is 46.3 Å². The van der Waals surface area contributed by atoms with E-state index in [0.29, 0.717) is 6.42 Å². The van der Waals surface area contributed by atoms with E-state index in [1.54, 1.807) is 6.08 Å². The minimum absolute atomic E-state index is 0.451. The molecule has 1 unspecified atom stereocenters. The Hall–Kier alpha value is -0.860. The summed E-state index contributed by atoms with van der Waals surface area (Å²) in [5.74, 6) is 0. The van der Waals surface area contributed by atoms with Crippen LogP contribution >= 0.6 is 15.9 Å². The second kappa shape index (κ2) is 4.98. The molecule has 0 spiro atoms. The maximum absolute atomic E-state index is 10.1. The molecule has 0 amide bonds. The summed E-state index contributed by atoms with van der Waals surface area (Å²) in [7, 11) is 0. The first-order valence-corrected chi connectivity index (χ1v) is 6.29. The molecule has 2 rings (SSSR count). The van der Waals surface area contributed by atoms with Crippen LogP contribution in [0.15, 0.2) is 41.4 Å². The Kier molecular flexibility index (Phi) is 3.62. The first-order chi connectivity index (χ1) is 7.74. The Balaban J connectivity index is 2.44. The molecule has 0 aliphatic heterocycles. The predicted molar refractivity (Wildman–Crippen MR) is 71.4 cm³/mol. The Morgan fingerprint density at radius 1 is 1.38 bits per heavy atom. The maximum Gasteiger partial charge on any atom is 0.0837 e. The molecule has 0 saturated heterocycles. The fourth-order valence-corrected chi connectivity index (χ4v) is 2.84. The molecule has 0 radical (unpaired) electrons. The maximum atomic E-state index is 10.1. The van der Waals surface area contributed by atoms with Crippen LogP contribution in [0.4, 0.5) is 0 Å². The predicted octanol–water partition coefficient (Wildman–Crippen LogP) is 3.68. The molecular weight excluding hydrogens is 264 g/mol. The van der Waals surface area contributed by atoms with Crippen LogP contribution < -0.4 is 0 Å². The topological polar surface area (TPSA) is 20.2 Å². The third kappa shape index (κ3) is 2.13. The van der Waals surface area contributed by atoms with Crippen molar-refractivity contribution in [3.8, 4) is 0 Å². The number of aliphatic hydroxyl groups is 1. The molecule has 1 aromatic carbocycles. The van der Waals surface area contributed by atoms with Crippen molar-refractivity contribution in [2.75, 3.05) is 0 Å². The number of halogens is 1. The van der Waals surface area contributed by atoms with Crippen molar-refractivity contribution in [1.29, 1.82) is 0 Å². The number of rotatable bonds is 3. The van der Waals surface area contributed by atoms with Crippen molar-refractivity contribution >= 4 is 21.5 Å². The lowest BCUT2D eigenvalue weighted by atomic mass is 9.87. The summed E-state index contributed by atoms with van der Waals surface area (Å²) in [5.41, 5.74) is 3.53. The van der Waals surface area contributed by atoms with Crippen molar-refractivity contribution in [1.82, 2.24) is 0 Å². The van der Waals surface area contributed by atoms with Gasteiger partial charge in [0.2, 0.25) is 0 Å². The molecule has 16 heavy (non-hydrogen) atoms. The van der Waals surface area contributed by atoms with E-state index in [-0.39, 0.29) is 0 Å². The molecule has 1 aromatic rings. The Bertz CT molecular complexity index is 434. The Labute approximate surface area is 105 Å². The largest absolute Gasteiger partial charge is 0.388 e. The minimum Gasteiger partial charge on any atom is -0.388 e. The summed E-state index contributed by atoms with van der Waals surface area (Å²) in [6.07, 6.45) is 3.92. The lowest BCUT2D eigenvalue weighted by Gasteiger charge is -2.23. The van der Waals surface area contributed by atoms with E-state index in [2.05, 4.69) is 40.7 Å². The fraction of sp³-hybridized carbons (Fsp3) is 0.286. The van der Waals surface area contributed by atoms with E-state index in [0.717, 1.165) is 22.9 Å². The molecule has 0 heterocycles. The Morgan fingerprint density at radius 3 is 2.88 bits per heavy atom. The average molecular weight is 279 g/mol. The van der Waals surface area contributed by atoms with Crippen LogP contribution in [-0.4, -0.2) is 11.2 Å². The molecule has 1 atom stereocenters. The minimum atomic E-state index is -0.451. The number of fused-ring (bicyclic) bond motifs is 1. The second-order valence-corrected chi connectivity index (χ2v) is 4.97. The van der Waals surface area contributed by atoms with Crippen LogP contribution in [0.3, 0.4) is 0 Å². The van der Waals surface area contributed by atoms with Crippen molar-refractivity contribution in [3.63, 3.8) is 0 Å². The summed E-state index contributed by atoms with van der Waals surface area (Å²) in [6.45, 7) is 3.68. The van der Waals surface area contributed by atoms with Gasteiger partial charge in [-0.25, -0.2) is 0 Å². The van der Waals surface area contributed by atoms with Gasteiger partial charge < -0.3 is 5.11 Å². The van der Waals surface area contributed by atoms with Crippen molar-refractivity contribution in [2.24, 2.45) is 0 Å². The lowest BCUT2D eigenvalue weighted by Crippen LogP contribution is -2.14. The number of hydrogen-bond donors (Lipinski definition) is 1. The summed E-state index contributed by atoms with van der Waals surface area (Å²) in [4.78, 5) is 0. The first kappa shape index (κ1) is 11.6. The van der Waals surface area contributed by atoms with E-state index in [9.17, 15) is 5.11 Å². The number of aliphatic hydroxyl groups excluding tert-OH is 1. The summed E-state index contributed by atoms with van der Waals surface area (Å²) < 4.78 is 1.13. The van der Waals surface area contributed by atoms with Gasteiger partial charge in [0.05, 0.1) is 6.10 Å². The fourth-order valence-electron chi connectivity index (χ4n) is 2.16. The second-order valence-electron chi connectivity index (χ2n) is 4.02. The van der Waals surface area contributed by atoms with Crippen molar-refractivity contribution in [3.05, 3.63) is 52.5 Å². The van der Waals surface area contributed by atoms with Gasteiger partial charge in [-0.3, -0.25) is 0 Å². The molecule has 2 heteroatoms. The van der Waals surface area contributed by atoms with Gasteiger partial charge in [0, 0.05) is 4.48 Å². The Morgan fingerprint density at radius 2 is 2.12 bits per heavy atom. The third-order valence-electron chi connectivity index (χ3n) is 2.94. The highest BCUT2D eigenvalue weighted by Gasteiger charge is 2.21. The highest BCUT2D eigenvalue weighted by atomic mass is 79.9.